The number of rotatable bonds is 5. The molecule has 8 nitrogen and oxygen atoms in total. The van der Waals surface area contributed by atoms with Crippen LogP contribution in [0.2, 0.25) is 0 Å². The van der Waals surface area contributed by atoms with Crippen LogP contribution in [0.25, 0.3) is 32.2 Å². The van der Waals surface area contributed by atoms with E-state index in [2.05, 4.69) is 4.98 Å². The van der Waals surface area contributed by atoms with Gasteiger partial charge in [0.2, 0.25) is 0 Å². The zero-order chi connectivity index (χ0) is 25.1. The molecule has 2 aromatic heterocycles. The highest BCUT2D eigenvalue weighted by Gasteiger charge is 2.33. The first kappa shape index (κ1) is 23.6. The maximum Gasteiger partial charge on any atom is 0.337 e. The van der Waals surface area contributed by atoms with Crippen molar-refractivity contribution in [2.24, 2.45) is 5.73 Å². The highest BCUT2D eigenvalue weighted by atomic mass is 32.1. The number of carboxylic acid groups (broad SMARTS) is 1. The third kappa shape index (κ3) is 4.14. The number of carboxylic acids is 1. The number of aromatic nitrogens is 2. The van der Waals surface area contributed by atoms with Crippen LogP contribution in [-0.2, 0) is 16.0 Å². The average molecular weight is 494 g/mol. The lowest BCUT2D eigenvalue weighted by Crippen LogP contribution is -2.28. The van der Waals surface area contributed by atoms with Gasteiger partial charge in [0.25, 0.3) is 0 Å². The van der Waals surface area contributed by atoms with Crippen LogP contribution in [0.1, 0.15) is 54.8 Å². The molecule has 0 aliphatic carbocycles. The number of hydrogen-bond acceptors (Lipinski definition) is 8. The van der Waals surface area contributed by atoms with E-state index in [1.54, 1.807) is 6.20 Å². The monoisotopic (exact) mass is 493 g/mol. The van der Waals surface area contributed by atoms with Crippen molar-refractivity contribution < 1.29 is 24.5 Å². The van der Waals surface area contributed by atoms with Crippen molar-refractivity contribution in [2.75, 3.05) is 6.61 Å². The predicted octanol–water partition coefficient (Wildman–Crippen LogP) is 4.65. The molecule has 0 fully saturated rings. The molecule has 4 N–H and O–H groups in total. The molecule has 0 saturated heterocycles. The minimum atomic E-state index is -1.24. The van der Waals surface area contributed by atoms with Crippen LogP contribution in [0.3, 0.4) is 0 Å². The summed E-state index contributed by atoms with van der Waals surface area (Å²) in [5.41, 5.74) is 10.2. The molecule has 35 heavy (non-hydrogen) atoms. The Balaban J connectivity index is 1.91. The van der Waals surface area contributed by atoms with Crippen molar-refractivity contribution in [3.8, 4) is 16.9 Å². The minimum absolute atomic E-state index is 0.348. The number of aliphatic carboxylic acids is 1. The van der Waals surface area contributed by atoms with Gasteiger partial charge in [-0.3, -0.25) is 4.98 Å². The number of nitrogens with zero attached hydrogens (tertiary/aromatic N) is 2. The third-order valence-electron chi connectivity index (χ3n) is 5.99. The van der Waals surface area contributed by atoms with Crippen molar-refractivity contribution in [1.29, 1.82) is 0 Å². The first-order chi connectivity index (χ1) is 16.5. The lowest BCUT2D eigenvalue weighted by atomic mass is 9.89. The molecule has 3 heterocycles. The van der Waals surface area contributed by atoms with Crippen LogP contribution in [0.5, 0.6) is 5.75 Å². The third-order valence-corrected chi connectivity index (χ3v) is 7.15. The summed E-state index contributed by atoms with van der Waals surface area (Å²) in [5, 5.41) is 21.6. The number of benzene rings is 2. The average Bonchev–Trinajstić information content (AvgIpc) is 3.21. The number of carbonyl (C=O) groups is 1. The Morgan fingerprint density at radius 2 is 2.06 bits per heavy atom. The number of fused-ring (bicyclic) bond motifs is 1. The summed E-state index contributed by atoms with van der Waals surface area (Å²) in [4.78, 5) is 21.8. The Morgan fingerprint density at radius 1 is 1.29 bits per heavy atom. The molecule has 0 radical (unpaired) electrons. The van der Waals surface area contributed by atoms with Crippen LogP contribution in [0.4, 0.5) is 0 Å². The summed E-state index contributed by atoms with van der Waals surface area (Å²) in [6.07, 6.45) is 0.0590. The van der Waals surface area contributed by atoms with Crippen LogP contribution in [0.15, 0.2) is 30.5 Å². The van der Waals surface area contributed by atoms with Crippen LogP contribution in [0, 0.1) is 6.92 Å². The van der Waals surface area contributed by atoms with Gasteiger partial charge in [-0.1, -0.05) is 0 Å². The first-order valence-electron chi connectivity index (χ1n) is 11.4. The second-order valence-corrected chi connectivity index (χ2v) is 10.7. The topological polar surface area (TPSA) is 128 Å². The van der Waals surface area contributed by atoms with E-state index in [0.717, 1.165) is 34.2 Å². The van der Waals surface area contributed by atoms with E-state index in [4.69, 9.17) is 20.2 Å². The summed E-state index contributed by atoms with van der Waals surface area (Å²) >= 11 is 1.24. The summed E-state index contributed by atoms with van der Waals surface area (Å²) in [6, 6.07) is 7.62. The van der Waals surface area contributed by atoms with Gasteiger partial charge >= 0.3 is 5.97 Å². The second kappa shape index (κ2) is 8.53. The maximum atomic E-state index is 12.6. The molecule has 0 bridgehead atoms. The normalized spacial score (nSPS) is 15.3. The van der Waals surface area contributed by atoms with Gasteiger partial charge in [-0.05, 0) is 63.1 Å². The van der Waals surface area contributed by atoms with Crippen LogP contribution < -0.4 is 10.5 Å². The van der Waals surface area contributed by atoms with Gasteiger partial charge in [0.1, 0.15) is 10.8 Å². The van der Waals surface area contributed by atoms with Crippen molar-refractivity contribution >= 4 is 38.4 Å². The molecule has 0 saturated carbocycles. The number of hydrogen-bond donors (Lipinski definition) is 3. The van der Waals surface area contributed by atoms with Gasteiger partial charge in [0.05, 0.1) is 27.9 Å². The summed E-state index contributed by atoms with van der Waals surface area (Å²) < 4.78 is 12.7. The molecule has 1 unspecified atom stereocenters. The largest absolute Gasteiger partial charge is 0.493 e. The van der Waals surface area contributed by atoms with Gasteiger partial charge in [-0.25, -0.2) is 9.78 Å². The van der Waals surface area contributed by atoms with Crippen molar-refractivity contribution in [1.82, 2.24) is 9.97 Å². The van der Waals surface area contributed by atoms with Gasteiger partial charge in [-0.2, -0.15) is 0 Å². The first-order valence-corrected chi connectivity index (χ1v) is 12.2. The van der Waals surface area contributed by atoms with E-state index >= 15 is 0 Å². The SMILES string of the molecule is Cc1cc2nc(C(N)O)sc2c(-c2ccc3c4c(ccnc24)CCO3)c1[C@H](OC(C)(C)C)C(=O)O. The number of nitrogens with two attached hydrogens (primary N) is 1. The Bertz CT molecular complexity index is 1460. The second-order valence-electron chi connectivity index (χ2n) is 9.68. The highest BCUT2D eigenvalue weighted by Crippen LogP contribution is 2.46. The van der Waals surface area contributed by atoms with E-state index < -0.39 is 23.9 Å². The molecule has 2 aromatic carbocycles. The lowest BCUT2D eigenvalue weighted by molar-refractivity contribution is -0.160. The smallest absolute Gasteiger partial charge is 0.337 e. The number of aliphatic hydroxyl groups is 1. The Hall–Kier alpha value is -3.11. The summed E-state index contributed by atoms with van der Waals surface area (Å²) in [5.74, 6) is -0.335. The molecule has 9 heteroatoms. The number of thiazole rings is 1. The van der Waals surface area contributed by atoms with E-state index in [1.165, 1.54) is 11.3 Å². The zero-order valence-corrected chi connectivity index (χ0v) is 20.8. The maximum absolute atomic E-state index is 12.6. The Labute approximate surface area is 206 Å². The van der Waals surface area contributed by atoms with E-state index in [1.807, 2.05) is 52.0 Å². The standard InChI is InChI=1S/C26H27N3O5S/c1-12-11-15-22(35-24(29-15)23(27)30)19(17(12)21(25(31)32)34-26(2,3)4)14-5-6-16-18-13(8-10-33-16)7-9-28-20(14)18/h5-7,9,11,21,23,30H,8,10,27H2,1-4H3,(H,31,32)/t21-,23?/m0/s1. The fourth-order valence-electron chi connectivity index (χ4n) is 4.65. The van der Waals surface area contributed by atoms with E-state index in [-0.39, 0.29) is 0 Å². The van der Waals surface area contributed by atoms with E-state index in [0.29, 0.717) is 38.5 Å². The van der Waals surface area contributed by atoms with Crippen molar-refractivity contribution in [2.45, 2.75) is 52.0 Å². The number of aliphatic hydroxyl groups excluding tert-OH is 1. The molecule has 1 aliphatic rings. The van der Waals surface area contributed by atoms with Gasteiger partial charge in [0, 0.05) is 34.7 Å². The number of pyridine rings is 1. The molecule has 2 atom stereocenters. The van der Waals surface area contributed by atoms with Crippen LogP contribution in [-0.4, -0.2) is 38.4 Å². The summed E-state index contributed by atoms with van der Waals surface area (Å²) in [6.45, 7) is 7.92. The predicted molar refractivity (Wildman–Crippen MR) is 135 cm³/mol. The fraction of sp³-hybridized carbons (Fsp3) is 0.346. The zero-order valence-electron chi connectivity index (χ0n) is 20.0. The van der Waals surface area contributed by atoms with Crippen LogP contribution >= 0.6 is 11.3 Å². The van der Waals surface area contributed by atoms with Gasteiger partial charge in [-0.15, -0.1) is 11.3 Å². The molecule has 182 valence electrons. The quantitative estimate of drug-likeness (QED) is 0.343. The van der Waals surface area contributed by atoms with Gasteiger partial charge in [0.15, 0.2) is 12.3 Å². The highest BCUT2D eigenvalue weighted by molar-refractivity contribution is 7.19. The van der Waals surface area contributed by atoms with Gasteiger partial charge < -0.3 is 25.4 Å². The lowest BCUT2D eigenvalue weighted by Gasteiger charge is -2.28. The molecule has 0 amide bonds. The van der Waals surface area contributed by atoms with Crippen molar-refractivity contribution in [3.63, 3.8) is 0 Å². The summed E-state index contributed by atoms with van der Waals surface area (Å²) in [7, 11) is 0. The Morgan fingerprint density at radius 3 is 2.74 bits per heavy atom. The number of ether oxygens (including phenoxy) is 2. The molecule has 5 rings (SSSR count). The minimum Gasteiger partial charge on any atom is -0.493 e. The molecule has 0 spiro atoms. The molecule has 1 aliphatic heterocycles. The molecular weight excluding hydrogens is 466 g/mol. The fourth-order valence-corrected chi connectivity index (χ4v) is 5.66. The number of aryl methyl sites for hydroxylation is 1. The molecule has 4 aromatic rings. The van der Waals surface area contributed by atoms with E-state index in [9.17, 15) is 15.0 Å². The Kier molecular flexibility index (Phi) is 5.76. The van der Waals surface area contributed by atoms with Crippen molar-refractivity contribution in [3.05, 3.63) is 52.2 Å². The molecular formula is C26H27N3O5S.